The van der Waals surface area contributed by atoms with Crippen molar-refractivity contribution in [2.75, 3.05) is 25.6 Å². The zero-order valence-corrected chi connectivity index (χ0v) is 23.9. The van der Waals surface area contributed by atoms with Gasteiger partial charge in [0.15, 0.2) is 5.54 Å². The van der Waals surface area contributed by atoms with E-state index < -0.39 is 11.6 Å². The molecule has 0 radical (unpaired) electrons. The van der Waals surface area contributed by atoms with Crippen molar-refractivity contribution in [3.8, 4) is 0 Å². The number of carbonyl (C=O) groups is 2. The second kappa shape index (κ2) is 11.5. The summed E-state index contributed by atoms with van der Waals surface area (Å²) in [6, 6.07) is 11.5. The minimum absolute atomic E-state index is 0.0320. The molecule has 1 unspecified atom stereocenters. The Labute approximate surface area is 228 Å². The molecule has 206 valence electrons. The van der Waals surface area contributed by atoms with Gasteiger partial charge in [-0.1, -0.05) is 58.2 Å². The average Bonchev–Trinajstić information content (AvgIpc) is 3.42. The number of benzene rings is 1. The normalized spacial score (nSPS) is 22.1. The molecule has 1 N–H and O–H groups in total. The monoisotopic (exact) mass is 520 g/mol. The van der Waals surface area contributed by atoms with Crippen LogP contribution in [-0.4, -0.2) is 60.6 Å². The van der Waals surface area contributed by atoms with Gasteiger partial charge in [0.1, 0.15) is 0 Å². The highest BCUT2D eigenvalue weighted by molar-refractivity contribution is 6.06. The van der Waals surface area contributed by atoms with E-state index in [-0.39, 0.29) is 29.4 Å². The van der Waals surface area contributed by atoms with Crippen LogP contribution < -0.4 is 10.2 Å². The summed E-state index contributed by atoms with van der Waals surface area (Å²) in [5, 5.41) is 3.34. The Morgan fingerprint density at radius 2 is 1.68 bits per heavy atom. The standard InChI is InChI=1S/C31H44N4O3/c1-30(2,3)22-14-16-25(17-15-22)35(28(36)27-19-26(38-6)21-33-27)31(4,23-11-10-18-32-20-23)29(37)34(5)24-12-8-7-9-13-24/h10-11,14-18,20,24,26-27,33H,7-9,12-13,19,21H2,1-6H3/t26-,27+,31?/m0/s1. The van der Waals surface area contributed by atoms with Gasteiger partial charge in [-0.05, 0) is 55.4 Å². The lowest BCUT2D eigenvalue weighted by Crippen LogP contribution is -2.61. The molecule has 0 bridgehead atoms. The van der Waals surface area contributed by atoms with E-state index in [1.165, 1.54) is 12.0 Å². The molecule has 3 atom stereocenters. The SMILES string of the molecule is CO[C@@H]1CN[C@@H](C(=O)N(c2ccc(C(C)(C)C)cc2)C(C)(C(=O)N(C)C2CCCCC2)c2cccnc2)C1. The van der Waals surface area contributed by atoms with E-state index in [1.807, 2.05) is 43.1 Å². The summed E-state index contributed by atoms with van der Waals surface area (Å²) in [4.78, 5) is 37.0. The highest BCUT2D eigenvalue weighted by Crippen LogP contribution is 2.38. The minimum Gasteiger partial charge on any atom is -0.380 e. The van der Waals surface area contributed by atoms with Crippen molar-refractivity contribution < 1.29 is 14.3 Å². The second-order valence-electron chi connectivity index (χ2n) is 12.0. The van der Waals surface area contributed by atoms with Crippen LogP contribution in [0, 0.1) is 0 Å². The molecule has 2 heterocycles. The zero-order valence-electron chi connectivity index (χ0n) is 23.9. The maximum atomic E-state index is 14.6. The molecule has 1 aromatic carbocycles. The lowest BCUT2D eigenvalue weighted by Gasteiger charge is -2.45. The van der Waals surface area contributed by atoms with Gasteiger partial charge < -0.3 is 15.0 Å². The third-order valence-electron chi connectivity index (χ3n) is 8.46. The predicted octanol–water partition coefficient (Wildman–Crippen LogP) is 4.80. The molecule has 2 amide bonds. The molecule has 2 aliphatic rings. The van der Waals surface area contributed by atoms with Crippen molar-refractivity contribution in [1.29, 1.82) is 0 Å². The van der Waals surface area contributed by atoms with Gasteiger partial charge in [0, 0.05) is 50.4 Å². The van der Waals surface area contributed by atoms with Crippen LogP contribution in [0.3, 0.4) is 0 Å². The van der Waals surface area contributed by atoms with Gasteiger partial charge >= 0.3 is 0 Å². The van der Waals surface area contributed by atoms with Gasteiger partial charge in [0.2, 0.25) is 5.91 Å². The number of carbonyl (C=O) groups excluding carboxylic acids is 2. The minimum atomic E-state index is -1.28. The average molecular weight is 521 g/mol. The summed E-state index contributed by atoms with van der Waals surface area (Å²) in [5.41, 5.74) is 1.24. The summed E-state index contributed by atoms with van der Waals surface area (Å²) in [5.74, 6) is -0.225. The highest BCUT2D eigenvalue weighted by Gasteiger charge is 2.49. The maximum Gasteiger partial charge on any atom is 0.253 e. The number of anilines is 1. The number of pyridine rings is 1. The number of hydrogen-bond acceptors (Lipinski definition) is 5. The van der Waals surface area contributed by atoms with Crippen molar-refractivity contribution in [2.24, 2.45) is 0 Å². The van der Waals surface area contributed by atoms with E-state index >= 15 is 0 Å². The Kier molecular flexibility index (Phi) is 8.58. The molecule has 0 spiro atoms. The fraction of sp³-hybridized carbons (Fsp3) is 0.581. The molecular weight excluding hydrogens is 476 g/mol. The van der Waals surface area contributed by atoms with E-state index in [0.29, 0.717) is 24.2 Å². The maximum absolute atomic E-state index is 14.6. The molecule has 7 heteroatoms. The molecule has 1 aromatic heterocycles. The first-order valence-corrected chi connectivity index (χ1v) is 14.0. The van der Waals surface area contributed by atoms with Crippen molar-refractivity contribution in [2.45, 2.75) is 95.4 Å². The zero-order chi connectivity index (χ0) is 27.5. The Bertz CT molecular complexity index is 1090. The number of hydrogen-bond donors (Lipinski definition) is 1. The molecule has 4 rings (SSSR count). The van der Waals surface area contributed by atoms with Gasteiger partial charge in [-0.2, -0.15) is 0 Å². The molecule has 1 aliphatic carbocycles. The van der Waals surface area contributed by atoms with Gasteiger partial charge in [-0.25, -0.2) is 0 Å². The quantitative estimate of drug-likeness (QED) is 0.568. The van der Waals surface area contributed by atoms with Crippen LogP contribution in [0.2, 0.25) is 0 Å². The van der Waals surface area contributed by atoms with Crippen LogP contribution in [0.4, 0.5) is 5.69 Å². The molecule has 1 saturated heterocycles. The van der Waals surface area contributed by atoms with Crippen molar-refractivity contribution in [1.82, 2.24) is 15.2 Å². The Morgan fingerprint density at radius 1 is 1.00 bits per heavy atom. The Morgan fingerprint density at radius 3 is 2.24 bits per heavy atom. The van der Waals surface area contributed by atoms with Crippen LogP contribution in [0.15, 0.2) is 48.8 Å². The van der Waals surface area contributed by atoms with Crippen LogP contribution in [0.5, 0.6) is 0 Å². The summed E-state index contributed by atoms with van der Waals surface area (Å²) in [7, 11) is 3.57. The number of methoxy groups -OCH3 is 1. The lowest BCUT2D eigenvalue weighted by atomic mass is 9.85. The van der Waals surface area contributed by atoms with Gasteiger partial charge in [-0.3, -0.25) is 19.5 Å². The fourth-order valence-electron chi connectivity index (χ4n) is 5.92. The number of likely N-dealkylation sites (N-methyl/N-ethyl adjacent to an activating group) is 1. The van der Waals surface area contributed by atoms with E-state index in [9.17, 15) is 9.59 Å². The number of amides is 2. The number of ether oxygens (including phenoxy) is 1. The van der Waals surface area contributed by atoms with Crippen molar-refractivity contribution in [3.05, 3.63) is 59.9 Å². The number of rotatable bonds is 7. The summed E-state index contributed by atoms with van der Waals surface area (Å²) >= 11 is 0. The molecule has 2 fully saturated rings. The van der Waals surface area contributed by atoms with Crippen molar-refractivity contribution in [3.63, 3.8) is 0 Å². The van der Waals surface area contributed by atoms with Gasteiger partial charge in [0.25, 0.3) is 5.91 Å². The molecule has 1 saturated carbocycles. The molecule has 7 nitrogen and oxygen atoms in total. The number of aromatic nitrogens is 1. The predicted molar refractivity (Wildman–Crippen MR) is 151 cm³/mol. The molecule has 38 heavy (non-hydrogen) atoms. The Balaban J connectivity index is 1.84. The van der Waals surface area contributed by atoms with E-state index in [0.717, 1.165) is 25.7 Å². The first kappa shape index (κ1) is 28.2. The van der Waals surface area contributed by atoms with Gasteiger partial charge in [-0.15, -0.1) is 0 Å². The molecule has 2 aromatic rings. The van der Waals surface area contributed by atoms with E-state index in [1.54, 1.807) is 24.4 Å². The van der Waals surface area contributed by atoms with Crippen LogP contribution >= 0.6 is 0 Å². The van der Waals surface area contributed by atoms with E-state index in [2.05, 4.69) is 43.2 Å². The third kappa shape index (κ3) is 5.64. The van der Waals surface area contributed by atoms with Crippen LogP contribution in [0.25, 0.3) is 0 Å². The third-order valence-corrected chi connectivity index (χ3v) is 8.46. The second-order valence-corrected chi connectivity index (χ2v) is 12.0. The largest absolute Gasteiger partial charge is 0.380 e. The fourth-order valence-corrected chi connectivity index (χ4v) is 5.92. The summed E-state index contributed by atoms with van der Waals surface area (Å²) < 4.78 is 5.55. The first-order chi connectivity index (χ1) is 18.1. The van der Waals surface area contributed by atoms with Crippen molar-refractivity contribution >= 4 is 17.5 Å². The Hall–Kier alpha value is -2.77. The first-order valence-electron chi connectivity index (χ1n) is 14.0. The number of nitrogens with one attached hydrogen (secondary N) is 1. The summed E-state index contributed by atoms with van der Waals surface area (Å²) in [6.45, 7) is 8.98. The highest BCUT2D eigenvalue weighted by atomic mass is 16.5. The van der Waals surface area contributed by atoms with Crippen LogP contribution in [-0.2, 0) is 25.3 Å². The number of nitrogens with zero attached hydrogens (tertiary/aromatic N) is 3. The lowest BCUT2D eigenvalue weighted by molar-refractivity contribution is -0.140. The van der Waals surface area contributed by atoms with Gasteiger partial charge in [0.05, 0.1) is 12.1 Å². The smallest absolute Gasteiger partial charge is 0.253 e. The molecular formula is C31H44N4O3. The summed E-state index contributed by atoms with van der Waals surface area (Å²) in [6.07, 6.45) is 9.35. The van der Waals surface area contributed by atoms with Crippen LogP contribution in [0.1, 0.15) is 77.3 Å². The topological polar surface area (TPSA) is 74.8 Å². The molecule has 1 aliphatic heterocycles. The van der Waals surface area contributed by atoms with E-state index in [4.69, 9.17) is 4.74 Å².